The van der Waals surface area contributed by atoms with Crippen LogP contribution in [-0.4, -0.2) is 66.0 Å². The van der Waals surface area contributed by atoms with Crippen molar-refractivity contribution in [2.45, 2.75) is 69.7 Å². The number of ether oxygens (including phenoxy) is 3. The van der Waals surface area contributed by atoms with Crippen LogP contribution in [0.5, 0.6) is 0 Å². The Morgan fingerprint density at radius 1 is 1.08 bits per heavy atom. The van der Waals surface area contributed by atoms with Crippen LogP contribution in [0.2, 0.25) is 0 Å². The van der Waals surface area contributed by atoms with E-state index >= 15 is 0 Å². The van der Waals surface area contributed by atoms with Gasteiger partial charge in [0.15, 0.2) is 6.29 Å². The van der Waals surface area contributed by atoms with E-state index in [0.717, 1.165) is 42.6 Å². The molecule has 0 saturated carbocycles. The molecular weight excluding hydrogens is 502 g/mol. The minimum Gasteiger partial charge on any atom is -0.392 e. The smallest absolute Gasteiger partial charge is 0.243 e. The zero-order valence-electron chi connectivity index (χ0n) is 22.4. The third-order valence-electron chi connectivity index (χ3n) is 7.29. The maximum atomic E-state index is 12.4. The second-order valence-electron chi connectivity index (χ2n) is 10.2. The molecule has 2 heterocycles. The summed E-state index contributed by atoms with van der Waals surface area (Å²) in [7, 11) is 1.74. The van der Waals surface area contributed by atoms with E-state index < -0.39 is 12.2 Å². The monoisotopic (exact) mass is 541 g/mol. The summed E-state index contributed by atoms with van der Waals surface area (Å²) in [6.45, 7) is 2.47. The maximum Gasteiger partial charge on any atom is 0.243 e. The van der Waals surface area contributed by atoms with Gasteiger partial charge in [-0.3, -0.25) is 19.7 Å². The lowest BCUT2D eigenvalue weighted by molar-refractivity contribution is -0.253. The summed E-state index contributed by atoms with van der Waals surface area (Å²) in [4.78, 5) is 26.0. The van der Waals surface area contributed by atoms with E-state index in [1.807, 2.05) is 42.5 Å². The topological polar surface area (TPSA) is 130 Å². The summed E-state index contributed by atoms with van der Waals surface area (Å²) in [5.74, 6) is -0.740. The number of rotatable bonds is 12. The molecule has 2 aliphatic heterocycles. The molecule has 2 amide bonds. The lowest BCUT2D eigenvalue weighted by Crippen LogP contribution is -2.42. The quantitative estimate of drug-likeness (QED) is 0.238. The highest BCUT2D eigenvalue weighted by Gasteiger charge is 2.35. The highest BCUT2D eigenvalue weighted by atomic mass is 16.7. The molecule has 4 N–H and O–H groups in total. The number of methoxy groups -OCH3 is 1. The number of hydrogen-bond acceptors (Lipinski definition) is 8. The number of hydroxylamine groups is 1. The number of likely N-dealkylation sites (tertiary alicyclic amines) is 1. The van der Waals surface area contributed by atoms with Crippen molar-refractivity contribution in [2.75, 3.05) is 32.1 Å². The Labute approximate surface area is 229 Å². The van der Waals surface area contributed by atoms with Crippen LogP contribution in [0.15, 0.2) is 48.5 Å². The number of hydrogen-bond donors (Lipinski definition) is 4. The van der Waals surface area contributed by atoms with Gasteiger partial charge >= 0.3 is 0 Å². The first kappa shape index (κ1) is 29.1. The highest BCUT2D eigenvalue weighted by Crippen LogP contribution is 2.39. The molecule has 4 rings (SSSR count). The van der Waals surface area contributed by atoms with Gasteiger partial charge in [-0.25, -0.2) is 5.48 Å². The lowest BCUT2D eigenvalue weighted by Gasteiger charge is -2.39. The van der Waals surface area contributed by atoms with Crippen molar-refractivity contribution in [1.82, 2.24) is 10.4 Å². The van der Waals surface area contributed by atoms with E-state index in [-0.39, 0.29) is 37.6 Å². The molecule has 2 fully saturated rings. The van der Waals surface area contributed by atoms with Crippen molar-refractivity contribution in [2.24, 2.45) is 0 Å². The molecular formula is C29H39N3O7. The minimum atomic E-state index is -0.625. The average molecular weight is 542 g/mol. The van der Waals surface area contributed by atoms with E-state index in [0.29, 0.717) is 31.2 Å². The first-order valence-corrected chi connectivity index (χ1v) is 13.6. The summed E-state index contributed by atoms with van der Waals surface area (Å²) in [6.07, 6.45) is 2.60. The molecule has 0 radical (unpaired) electrons. The molecule has 0 aliphatic carbocycles. The third-order valence-corrected chi connectivity index (χ3v) is 7.29. The van der Waals surface area contributed by atoms with E-state index in [1.54, 1.807) is 18.7 Å². The molecule has 10 heteroatoms. The predicted molar refractivity (Wildman–Crippen MR) is 144 cm³/mol. The summed E-state index contributed by atoms with van der Waals surface area (Å²) in [5, 5.41) is 20.9. The number of aliphatic hydroxyl groups excluding tert-OH is 1. The zero-order chi connectivity index (χ0) is 27.6. The number of nitrogens with one attached hydrogen (secondary N) is 2. The fraction of sp³-hybridized carbons (Fsp3) is 0.517. The number of benzene rings is 2. The number of anilines is 1. The second kappa shape index (κ2) is 14.5. The predicted octanol–water partition coefficient (Wildman–Crippen LogP) is 3.45. The number of carbonyl (C=O) groups is 2. The molecule has 4 atom stereocenters. The van der Waals surface area contributed by atoms with Gasteiger partial charge in [-0.1, -0.05) is 36.4 Å². The fourth-order valence-corrected chi connectivity index (χ4v) is 5.26. The van der Waals surface area contributed by atoms with E-state index in [4.69, 9.17) is 19.4 Å². The molecule has 212 valence electrons. The van der Waals surface area contributed by atoms with Gasteiger partial charge in [-0.2, -0.15) is 0 Å². The molecule has 2 aliphatic rings. The molecule has 0 unspecified atom stereocenters. The molecule has 39 heavy (non-hydrogen) atoms. The maximum absolute atomic E-state index is 12.4. The van der Waals surface area contributed by atoms with Crippen LogP contribution in [0.4, 0.5) is 5.69 Å². The lowest BCUT2D eigenvalue weighted by atomic mass is 9.99. The Balaban J connectivity index is 1.47. The Hall–Kier alpha value is -2.86. The van der Waals surface area contributed by atoms with E-state index in [2.05, 4.69) is 10.2 Å². The summed E-state index contributed by atoms with van der Waals surface area (Å²) >= 11 is 0. The fourth-order valence-electron chi connectivity index (χ4n) is 5.26. The average Bonchev–Trinajstić information content (AvgIpc) is 3.39. The molecule has 0 spiro atoms. The van der Waals surface area contributed by atoms with Crippen molar-refractivity contribution < 1.29 is 34.1 Å². The van der Waals surface area contributed by atoms with Crippen LogP contribution < -0.4 is 10.8 Å². The molecule has 2 aromatic rings. The van der Waals surface area contributed by atoms with Gasteiger partial charge < -0.3 is 24.6 Å². The Morgan fingerprint density at radius 3 is 2.62 bits per heavy atom. The van der Waals surface area contributed by atoms with Crippen LogP contribution in [-0.2, 0) is 30.4 Å². The summed E-state index contributed by atoms with van der Waals surface area (Å²) in [6, 6.07) is 15.6. The molecule has 10 nitrogen and oxygen atoms in total. The molecule has 2 aromatic carbocycles. The Bertz CT molecular complexity index is 1080. The van der Waals surface area contributed by atoms with E-state index in [1.165, 1.54) is 0 Å². The van der Waals surface area contributed by atoms with Crippen LogP contribution >= 0.6 is 0 Å². The second-order valence-corrected chi connectivity index (χ2v) is 10.2. The van der Waals surface area contributed by atoms with Crippen molar-refractivity contribution >= 4 is 17.5 Å². The van der Waals surface area contributed by atoms with Gasteiger partial charge in [0.25, 0.3) is 0 Å². The van der Waals surface area contributed by atoms with Crippen LogP contribution in [0, 0.1) is 0 Å². The van der Waals surface area contributed by atoms with Crippen LogP contribution in [0.25, 0.3) is 0 Å². The summed E-state index contributed by atoms with van der Waals surface area (Å²) < 4.78 is 18.4. The summed E-state index contributed by atoms with van der Waals surface area (Å²) in [5.41, 5.74) is 4.85. The van der Waals surface area contributed by atoms with Gasteiger partial charge in [0.05, 0.1) is 25.4 Å². The van der Waals surface area contributed by atoms with Crippen molar-refractivity contribution in [3.8, 4) is 0 Å². The molecule has 0 bridgehead atoms. The van der Waals surface area contributed by atoms with Gasteiger partial charge in [-0.15, -0.1) is 0 Å². The number of carbonyl (C=O) groups excluding carboxylic acids is 2. The van der Waals surface area contributed by atoms with Gasteiger partial charge in [0, 0.05) is 50.2 Å². The van der Waals surface area contributed by atoms with Crippen LogP contribution in [0.3, 0.4) is 0 Å². The number of nitrogens with zero attached hydrogens (tertiary/aromatic N) is 1. The normalized spacial score (nSPS) is 23.5. The third kappa shape index (κ3) is 8.31. The largest absolute Gasteiger partial charge is 0.392 e. The van der Waals surface area contributed by atoms with Crippen LogP contribution in [0.1, 0.15) is 67.6 Å². The zero-order valence-corrected chi connectivity index (χ0v) is 22.4. The first-order chi connectivity index (χ1) is 19.0. The van der Waals surface area contributed by atoms with Crippen molar-refractivity contribution in [3.05, 3.63) is 65.2 Å². The highest BCUT2D eigenvalue weighted by molar-refractivity contribution is 5.91. The van der Waals surface area contributed by atoms with Crippen molar-refractivity contribution in [3.63, 3.8) is 0 Å². The van der Waals surface area contributed by atoms with Crippen molar-refractivity contribution in [1.29, 1.82) is 0 Å². The minimum absolute atomic E-state index is 0.0108. The SMILES string of the molecule is COC[C@@H]1CCCN1C[C@H]1C[C@@H](c2ccc(CO)cc2)O[C@@H](c2cccc(NC(=O)CCCC(=O)NO)c2)O1. The standard InChI is InChI=1S/C29H39N3O7/c1-37-19-24-7-4-14-32(24)17-25-16-26(21-12-10-20(18-33)11-13-21)39-29(38-25)22-5-2-6-23(15-22)30-27(34)8-3-9-28(35)31-36/h2,5-6,10-13,15,24-26,29,33,36H,3-4,7-9,14,16-19H2,1H3,(H,30,34)(H,31,35)/t24-,25+,26-,29-/m0/s1. The molecule has 2 saturated heterocycles. The number of amides is 2. The van der Waals surface area contributed by atoms with Gasteiger partial charge in [-0.05, 0) is 49.1 Å². The number of aliphatic hydroxyl groups is 1. The van der Waals surface area contributed by atoms with Gasteiger partial charge in [0.2, 0.25) is 11.8 Å². The van der Waals surface area contributed by atoms with E-state index in [9.17, 15) is 14.7 Å². The Morgan fingerprint density at radius 2 is 1.87 bits per heavy atom. The van der Waals surface area contributed by atoms with Gasteiger partial charge in [0.1, 0.15) is 0 Å². The molecule has 0 aromatic heterocycles. The first-order valence-electron chi connectivity index (χ1n) is 13.6. The Kier molecular flexibility index (Phi) is 10.8.